The molecule has 0 aliphatic carbocycles. The summed E-state index contributed by atoms with van der Waals surface area (Å²) in [6.45, 7) is 4.32. The van der Waals surface area contributed by atoms with Crippen molar-refractivity contribution in [2.45, 2.75) is 32.5 Å². The van der Waals surface area contributed by atoms with Gasteiger partial charge in [-0.05, 0) is 20.4 Å². The molecular formula is C8H17NO3. The number of carboxylic acids is 1. The Morgan fingerprint density at radius 3 is 2.58 bits per heavy atom. The quantitative estimate of drug-likeness (QED) is 0.616. The Balaban J connectivity index is 3.77. The van der Waals surface area contributed by atoms with Crippen LogP contribution in [0.4, 0.5) is 0 Å². The van der Waals surface area contributed by atoms with Crippen LogP contribution in [0.25, 0.3) is 0 Å². The summed E-state index contributed by atoms with van der Waals surface area (Å²) >= 11 is 0. The average Bonchev–Trinajstić information content (AvgIpc) is 2.00. The van der Waals surface area contributed by atoms with E-state index in [0.717, 1.165) is 0 Å². The van der Waals surface area contributed by atoms with Crippen molar-refractivity contribution in [3.05, 3.63) is 0 Å². The Morgan fingerprint density at radius 1 is 1.67 bits per heavy atom. The van der Waals surface area contributed by atoms with Gasteiger partial charge in [-0.15, -0.1) is 0 Å². The van der Waals surface area contributed by atoms with Crippen LogP contribution in [0, 0.1) is 0 Å². The van der Waals surface area contributed by atoms with Crippen LogP contribution in [0.5, 0.6) is 0 Å². The Morgan fingerprint density at radius 2 is 2.25 bits per heavy atom. The van der Waals surface area contributed by atoms with E-state index in [4.69, 9.17) is 9.84 Å². The molecule has 0 fully saturated rings. The molecule has 0 amide bonds. The first-order valence-corrected chi connectivity index (χ1v) is 4.14. The molecule has 0 saturated carbocycles. The molecule has 0 spiro atoms. The van der Waals surface area contributed by atoms with Crippen molar-refractivity contribution in [3.63, 3.8) is 0 Å². The molecule has 2 N–H and O–H groups in total. The van der Waals surface area contributed by atoms with E-state index in [2.05, 4.69) is 5.32 Å². The predicted octanol–water partition coefficient (Wildman–Crippen LogP) is 0.474. The molecule has 0 bridgehead atoms. The Hall–Kier alpha value is -0.610. The zero-order valence-corrected chi connectivity index (χ0v) is 7.83. The number of likely N-dealkylation sites (N-methyl/N-ethyl adjacent to an activating group) is 1. The van der Waals surface area contributed by atoms with E-state index in [0.29, 0.717) is 13.0 Å². The van der Waals surface area contributed by atoms with Crippen molar-refractivity contribution in [3.8, 4) is 0 Å². The van der Waals surface area contributed by atoms with Crippen LogP contribution in [-0.2, 0) is 9.53 Å². The van der Waals surface area contributed by atoms with E-state index in [1.807, 2.05) is 14.0 Å². The summed E-state index contributed by atoms with van der Waals surface area (Å²) in [5.74, 6) is -0.888. The van der Waals surface area contributed by atoms with Gasteiger partial charge < -0.3 is 15.2 Å². The van der Waals surface area contributed by atoms with Crippen LogP contribution in [0.15, 0.2) is 0 Å². The largest absolute Gasteiger partial charge is 0.479 e. The van der Waals surface area contributed by atoms with Gasteiger partial charge in [0.1, 0.15) is 0 Å². The van der Waals surface area contributed by atoms with Crippen LogP contribution < -0.4 is 5.32 Å². The summed E-state index contributed by atoms with van der Waals surface area (Å²) in [5, 5.41) is 11.6. The van der Waals surface area contributed by atoms with Crippen LogP contribution in [0.3, 0.4) is 0 Å². The standard InChI is InChI=1S/C8H17NO3/c1-4-7(8(10)11)12-6(2)5-9-3/h6-7,9H,4-5H2,1-3H3,(H,10,11). The zero-order valence-electron chi connectivity index (χ0n) is 7.83. The van der Waals surface area contributed by atoms with E-state index in [1.54, 1.807) is 6.92 Å². The number of carbonyl (C=O) groups is 1. The number of aliphatic carboxylic acids is 1. The monoisotopic (exact) mass is 175 g/mol. The molecule has 0 radical (unpaired) electrons. The Kier molecular flexibility index (Phi) is 5.66. The maximum atomic E-state index is 10.5. The van der Waals surface area contributed by atoms with Gasteiger partial charge in [0.25, 0.3) is 0 Å². The van der Waals surface area contributed by atoms with Gasteiger partial charge in [0.05, 0.1) is 6.10 Å². The van der Waals surface area contributed by atoms with E-state index in [9.17, 15) is 4.79 Å². The van der Waals surface area contributed by atoms with Crippen molar-refractivity contribution in [2.75, 3.05) is 13.6 Å². The van der Waals surface area contributed by atoms with Crippen molar-refractivity contribution < 1.29 is 14.6 Å². The third kappa shape index (κ3) is 4.31. The molecule has 2 atom stereocenters. The summed E-state index contributed by atoms with van der Waals surface area (Å²) < 4.78 is 5.24. The molecule has 0 aromatic heterocycles. The highest BCUT2D eigenvalue weighted by molar-refractivity contribution is 5.72. The minimum atomic E-state index is -0.888. The summed E-state index contributed by atoms with van der Waals surface area (Å²) in [5.41, 5.74) is 0. The van der Waals surface area contributed by atoms with Gasteiger partial charge in [-0.25, -0.2) is 4.79 Å². The molecule has 0 rings (SSSR count). The first-order valence-electron chi connectivity index (χ1n) is 4.14. The fraction of sp³-hybridized carbons (Fsp3) is 0.875. The molecule has 4 nitrogen and oxygen atoms in total. The van der Waals surface area contributed by atoms with E-state index >= 15 is 0 Å². The van der Waals surface area contributed by atoms with Gasteiger partial charge in [-0.2, -0.15) is 0 Å². The predicted molar refractivity (Wildman–Crippen MR) is 46.2 cm³/mol. The van der Waals surface area contributed by atoms with Gasteiger partial charge in [-0.3, -0.25) is 0 Å². The maximum Gasteiger partial charge on any atom is 0.332 e. The van der Waals surface area contributed by atoms with Gasteiger partial charge in [0.2, 0.25) is 0 Å². The Bertz CT molecular complexity index is 138. The Labute approximate surface area is 72.9 Å². The van der Waals surface area contributed by atoms with E-state index in [-0.39, 0.29) is 6.10 Å². The number of rotatable bonds is 6. The molecule has 0 aliphatic heterocycles. The highest BCUT2D eigenvalue weighted by Crippen LogP contribution is 2.02. The topological polar surface area (TPSA) is 58.6 Å². The maximum absolute atomic E-state index is 10.5. The highest BCUT2D eigenvalue weighted by Gasteiger charge is 2.17. The molecule has 12 heavy (non-hydrogen) atoms. The molecule has 4 heteroatoms. The molecule has 0 aromatic carbocycles. The van der Waals surface area contributed by atoms with Crippen LogP contribution in [0.2, 0.25) is 0 Å². The molecular weight excluding hydrogens is 158 g/mol. The summed E-state index contributed by atoms with van der Waals surface area (Å²) in [6, 6.07) is 0. The second-order valence-corrected chi connectivity index (χ2v) is 2.74. The van der Waals surface area contributed by atoms with Crippen molar-refractivity contribution >= 4 is 5.97 Å². The zero-order chi connectivity index (χ0) is 9.56. The molecule has 0 saturated heterocycles. The molecule has 0 heterocycles. The normalized spacial score (nSPS) is 15.6. The highest BCUT2D eigenvalue weighted by atomic mass is 16.5. The molecule has 2 unspecified atom stereocenters. The second kappa shape index (κ2) is 5.97. The van der Waals surface area contributed by atoms with E-state index < -0.39 is 12.1 Å². The van der Waals surface area contributed by atoms with Crippen LogP contribution >= 0.6 is 0 Å². The summed E-state index contributed by atoms with van der Waals surface area (Å²) in [7, 11) is 1.81. The fourth-order valence-corrected chi connectivity index (χ4v) is 0.945. The molecule has 0 aliphatic rings. The van der Waals surface area contributed by atoms with Gasteiger partial charge in [0, 0.05) is 6.54 Å². The van der Waals surface area contributed by atoms with Crippen LogP contribution in [-0.4, -0.2) is 36.9 Å². The first-order chi connectivity index (χ1) is 5.61. The lowest BCUT2D eigenvalue weighted by Gasteiger charge is -2.17. The van der Waals surface area contributed by atoms with Gasteiger partial charge >= 0.3 is 5.97 Å². The average molecular weight is 175 g/mol. The van der Waals surface area contributed by atoms with Crippen molar-refractivity contribution in [1.82, 2.24) is 5.32 Å². The van der Waals surface area contributed by atoms with Crippen molar-refractivity contribution in [2.24, 2.45) is 0 Å². The lowest BCUT2D eigenvalue weighted by molar-refractivity contribution is -0.153. The van der Waals surface area contributed by atoms with Crippen LogP contribution in [0.1, 0.15) is 20.3 Å². The number of hydrogen-bond donors (Lipinski definition) is 2. The number of hydrogen-bond acceptors (Lipinski definition) is 3. The molecule has 0 aromatic rings. The number of carboxylic acid groups (broad SMARTS) is 1. The van der Waals surface area contributed by atoms with Gasteiger partial charge in [-0.1, -0.05) is 6.92 Å². The first kappa shape index (κ1) is 11.4. The van der Waals surface area contributed by atoms with Crippen molar-refractivity contribution in [1.29, 1.82) is 0 Å². The lowest BCUT2D eigenvalue weighted by Crippen LogP contribution is -2.32. The third-order valence-electron chi connectivity index (χ3n) is 1.53. The lowest BCUT2D eigenvalue weighted by atomic mass is 10.2. The van der Waals surface area contributed by atoms with Gasteiger partial charge in [0.15, 0.2) is 6.10 Å². The summed E-state index contributed by atoms with van der Waals surface area (Å²) in [4.78, 5) is 10.5. The third-order valence-corrected chi connectivity index (χ3v) is 1.53. The number of nitrogens with one attached hydrogen (secondary N) is 1. The minimum absolute atomic E-state index is 0.0592. The number of ether oxygens (including phenoxy) is 1. The van der Waals surface area contributed by atoms with E-state index in [1.165, 1.54) is 0 Å². The SMILES string of the molecule is CCC(OC(C)CNC)C(=O)O. The second-order valence-electron chi connectivity index (χ2n) is 2.74. The minimum Gasteiger partial charge on any atom is -0.479 e. The molecule has 72 valence electrons. The summed E-state index contributed by atoms with van der Waals surface area (Å²) in [6.07, 6.45) is -0.229. The smallest absolute Gasteiger partial charge is 0.332 e. The fourth-order valence-electron chi connectivity index (χ4n) is 0.945.